The molecule has 0 fully saturated rings. The normalized spacial score (nSPS) is 13.6. The minimum absolute atomic E-state index is 0.260. The van der Waals surface area contributed by atoms with Gasteiger partial charge in [-0.2, -0.15) is 0 Å². The molecule has 0 unspecified atom stereocenters. The molecule has 5 rings (SSSR count). The van der Waals surface area contributed by atoms with E-state index >= 15 is 0 Å². The predicted molar refractivity (Wildman–Crippen MR) is 192 cm³/mol. The maximum absolute atomic E-state index is 5.29. The van der Waals surface area contributed by atoms with Crippen molar-refractivity contribution in [1.82, 2.24) is 4.98 Å². The van der Waals surface area contributed by atoms with E-state index in [1.165, 1.54) is 58.0 Å². The van der Waals surface area contributed by atoms with Crippen molar-refractivity contribution in [2.75, 3.05) is 0 Å². The zero-order valence-electron chi connectivity index (χ0n) is 27.5. The van der Waals surface area contributed by atoms with E-state index in [0.29, 0.717) is 0 Å². The predicted octanol–water partition coefficient (Wildman–Crippen LogP) is 10.5. The molecule has 2 heterocycles. The van der Waals surface area contributed by atoms with Gasteiger partial charge in [-0.05, 0) is 62.9 Å². The Morgan fingerprint density at radius 3 is 1.78 bits per heavy atom. The second-order valence-electron chi connectivity index (χ2n) is 16.7. The van der Waals surface area contributed by atoms with E-state index in [1.807, 2.05) is 11.3 Å². The molecule has 5 aromatic rings. The molecule has 0 aliphatic carbocycles. The second kappa shape index (κ2) is 10.2. The first-order valence-corrected chi connectivity index (χ1v) is 23.0. The third-order valence-corrected chi connectivity index (χ3v) is 13.1. The van der Waals surface area contributed by atoms with E-state index in [0.717, 1.165) is 18.5 Å². The molecular weight excluding hydrogens is 547 g/mol. The molecule has 2 aromatic heterocycles. The summed E-state index contributed by atoms with van der Waals surface area (Å²) in [7, 11) is -3.23. The van der Waals surface area contributed by atoms with Crippen molar-refractivity contribution in [2.24, 2.45) is 10.8 Å². The monoisotopic (exact) mass is 595 g/mol. The lowest BCUT2D eigenvalue weighted by atomic mass is 9.87. The zero-order valence-corrected chi connectivity index (χ0v) is 30.3. The fourth-order valence-electron chi connectivity index (χ4n) is 6.22. The van der Waals surface area contributed by atoms with Gasteiger partial charge in [0.2, 0.25) is 0 Å². The van der Waals surface area contributed by atoms with Crippen molar-refractivity contribution in [2.45, 2.75) is 93.7 Å². The van der Waals surface area contributed by atoms with Gasteiger partial charge in [-0.1, -0.05) is 122 Å². The molecule has 0 saturated carbocycles. The Bertz CT molecular complexity index is 1770. The lowest BCUT2D eigenvalue weighted by molar-refractivity contribution is 0.411. The van der Waals surface area contributed by atoms with Gasteiger partial charge in [0.15, 0.2) is 0 Å². The first-order chi connectivity index (χ1) is 18.8. The van der Waals surface area contributed by atoms with Crippen molar-refractivity contribution in [1.29, 1.82) is 0 Å². The summed E-state index contributed by atoms with van der Waals surface area (Å²) in [6.07, 6.45) is 4.40. The maximum atomic E-state index is 5.29. The Labute approximate surface area is 254 Å². The third-order valence-electron chi connectivity index (χ3n) is 7.94. The molecule has 1 nitrogen and oxygen atoms in total. The molecule has 3 aromatic carbocycles. The summed E-state index contributed by atoms with van der Waals surface area (Å²) in [5.74, 6) is 0. The van der Waals surface area contributed by atoms with Gasteiger partial charge < -0.3 is 0 Å². The minimum Gasteiger partial charge on any atom is -0.255 e. The number of pyridine rings is 1. The average molecular weight is 596 g/mol. The van der Waals surface area contributed by atoms with Crippen LogP contribution in [0.2, 0.25) is 39.3 Å². The van der Waals surface area contributed by atoms with Crippen LogP contribution < -0.4 is 10.4 Å². The fourth-order valence-corrected chi connectivity index (χ4v) is 10.7. The van der Waals surface area contributed by atoms with Gasteiger partial charge in [0.25, 0.3) is 0 Å². The van der Waals surface area contributed by atoms with E-state index in [9.17, 15) is 0 Å². The number of hydrogen-bond donors (Lipinski definition) is 0. The van der Waals surface area contributed by atoms with Gasteiger partial charge in [-0.15, -0.1) is 11.3 Å². The van der Waals surface area contributed by atoms with Crippen molar-refractivity contribution in [3.63, 3.8) is 0 Å². The highest BCUT2D eigenvalue weighted by Crippen LogP contribution is 2.40. The summed E-state index contributed by atoms with van der Waals surface area (Å²) in [6.45, 7) is 28.8. The summed E-state index contributed by atoms with van der Waals surface area (Å²) in [4.78, 5) is 5.29. The molecule has 4 heteroatoms. The summed E-state index contributed by atoms with van der Waals surface area (Å²) < 4.78 is 2.76. The van der Waals surface area contributed by atoms with Crippen molar-refractivity contribution in [3.8, 4) is 11.3 Å². The number of thiophene rings is 1. The van der Waals surface area contributed by atoms with Crippen LogP contribution in [0.1, 0.15) is 52.7 Å². The molecule has 0 amide bonds. The number of aromatic nitrogens is 1. The highest BCUT2D eigenvalue weighted by Gasteiger charge is 2.27. The first kappa shape index (κ1) is 30.2. The van der Waals surface area contributed by atoms with Gasteiger partial charge in [0.05, 0.1) is 26.5 Å². The molecular formula is C37H49NSSi2. The lowest BCUT2D eigenvalue weighted by Gasteiger charge is -2.23. The quantitative estimate of drug-likeness (QED) is 0.184. The second-order valence-corrected chi connectivity index (χ2v) is 27.8. The minimum atomic E-state index is -1.62. The molecule has 41 heavy (non-hydrogen) atoms. The topological polar surface area (TPSA) is 12.9 Å². The molecule has 216 valence electrons. The van der Waals surface area contributed by atoms with E-state index in [1.54, 1.807) is 0 Å². The number of fused-ring (bicyclic) bond motifs is 4. The van der Waals surface area contributed by atoms with Crippen LogP contribution in [0.4, 0.5) is 0 Å². The van der Waals surface area contributed by atoms with E-state index in [4.69, 9.17) is 4.98 Å². The van der Waals surface area contributed by atoms with Crippen LogP contribution in [0.25, 0.3) is 42.2 Å². The molecule has 0 atom stereocenters. The first-order valence-electron chi connectivity index (χ1n) is 15.2. The number of benzene rings is 3. The van der Waals surface area contributed by atoms with Crippen molar-refractivity contribution < 1.29 is 0 Å². The van der Waals surface area contributed by atoms with Crippen LogP contribution in [0, 0.1) is 10.8 Å². The van der Waals surface area contributed by atoms with Crippen LogP contribution in [0.3, 0.4) is 0 Å². The van der Waals surface area contributed by atoms with Crippen LogP contribution >= 0.6 is 11.3 Å². The summed E-state index contributed by atoms with van der Waals surface area (Å²) >= 11 is 1.95. The number of hydrogen-bond acceptors (Lipinski definition) is 2. The number of nitrogens with zero attached hydrogens (tertiary/aromatic N) is 1. The Morgan fingerprint density at radius 1 is 0.659 bits per heavy atom. The van der Waals surface area contributed by atoms with E-state index < -0.39 is 16.1 Å². The van der Waals surface area contributed by atoms with Crippen LogP contribution in [0.15, 0.2) is 54.7 Å². The van der Waals surface area contributed by atoms with Crippen molar-refractivity contribution in [3.05, 3.63) is 65.9 Å². The molecule has 0 spiro atoms. The highest BCUT2D eigenvalue weighted by atomic mass is 32.1. The summed E-state index contributed by atoms with van der Waals surface area (Å²) in [5, 5.41) is 8.65. The summed E-state index contributed by atoms with van der Waals surface area (Å²) in [5.41, 5.74) is 5.81. The Kier molecular flexibility index (Phi) is 7.49. The van der Waals surface area contributed by atoms with Gasteiger partial charge in [0.1, 0.15) is 0 Å². The molecule has 0 bridgehead atoms. The Balaban J connectivity index is 1.81. The van der Waals surface area contributed by atoms with Gasteiger partial charge in [0, 0.05) is 27.2 Å². The average Bonchev–Trinajstić information content (AvgIpc) is 3.17. The highest BCUT2D eigenvalue weighted by molar-refractivity contribution is 7.26. The van der Waals surface area contributed by atoms with Crippen LogP contribution in [-0.4, -0.2) is 21.1 Å². The van der Waals surface area contributed by atoms with E-state index in [2.05, 4.69) is 136 Å². The van der Waals surface area contributed by atoms with Crippen LogP contribution in [0.5, 0.6) is 0 Å². The maximum Gasteiger partial charge on any atom is 0.0880 e. The lowest BCUT2D eigenvalue weighted by Crippen LogP contribution is -2.38. The van der Waals surface area contributed by atoms with E-state index in [-0.39, 0.29) is 10.8 Å². The number of rotatable bonds is 5. The summed E-state index contributed by atoms with van der Waals surface area (Å²) in [6, 6.07) is 19.3. The SMILES string of the molecule is CC(C)(C)Cc1ccc2c([Si](C)(C)C)cc(-c3ncc([Si](C)(C)C)c4c3sc3cc(CC(C)(C)C)ccc34)cc2c1. The molecule has 0 aliphatic heterocycles. The van der Waals surface area contributed by atoms with Crippen molar-refractivity contribution >= 4 is 68.8 Å². The van der Waals surface area contributed by atoms with Gasteiger partial charge >= 0.3 is 0 Å². The molecule has 0 radical (unpaired) electrons. The molecule has 0 saturated heterocycles. The third kappa shape index (κ3) is 6.40. The molecule has 0 aliphatic rings. The largest absolute Gasteiger partial charge is 0.255 e. The Morgan fingerprint density at radius 2 is 1.22 bits per heavy atom. The smallest absolute Gasteiger partial charge is 0.0880 e. The van der Waals surface area contributed by atoms with Gasteiger partial charge in [-0.25, -0.2) is 0 Å². The fraction of sp³-hybridized carbons (Fsp3) is 0.432. The van der Waals surface area contributed by atoms with Gasteiger partial charge in [-0.3, -0.25) is 4.98 Å². The molecule has 0 N–H and O–H groups in total. The Hall–Kier alpha value is -2.28. The standard InChI is InChI=1S/C37H49NSSi2/c1-36(2,3)21-24-13-15-28-26(17-24)19-27(20-31(28)40(7,8)9)34-35-33(32(23-38-34)41(10,11)12)29-16-14-25(18-30(29)39-35)22-37(4,5)6/h13-20,23H,21-22H2,1-12H3. The van der Waals surface area contributed by atoms with Crippen LogP contribution in [-0.2, 0) is 12.8 Å². The zero-order chi connectivity index (χ0) is 30.1.